The Kier molecular flexibility index (Phi) is 178. The second-order valence-electron chi connectivity index (χ2n) is 0. The molecule has 0 aromatic carbocycles. The maximum atomic E-state index is 0. The molecule has 5 heteroatoms. The Bertz CT molecular complexity index is 11.6. The first-order valence-corrected chi connectivity index (χ1v) is 0. The van der Waals surface area contributed by atoms with Gasteiger partial charge in [-0.1, -0.05) is 0 Å². The molecular formula is H10AlBBaCaCr. The van der Waals surface area contributed by atoms with Crippen LogP contribution in [0.5, 0.6) is 0 Å². The van der Waals surface area contributed by atoms with Crippen LogP contribution in [0.1, 0.15) is 0 Å². The van der Waals surface area contributed by atoms with E-state index >= 15 is 0 Å². The predicted octanol–water partition coefficient (Wildman–Crippen LogP) is -4.20. The Morgan fingerprint density at radius 3 is 1.00 bits per heavy atom. The number of hydrogen-bond donors (Lipinski definition) is 0. The maximum absolute atomic E-state index is 0. The van der Waals surface area contributed by atoms with Crippen molar-refractivity contribution in [3.63, 3.8) is 0 Å². The Balaban J connectivity index is 0. The summed E-state index contributed by atoms with van der Waals surface area (Å²) in [5.74, 6) is 0. The van der Waals surface area contributed by atoms with Crippen molar-refractivity contribution in [1.82, 2.24) is 0 Å². The summed E-state index contributed by atoms with van der Waals surface area (Å²) in [6.07, 6.45) is 0. The van der Waals surface area contributed by atoms with Gasteiger partial charge < -0.3 is 0 Å². The van der Waals surface area contributed by atoms with Gasteiger partial charge in [-0.15, -0.1) is 0 Å². The van der Waals surface area contributed by atoms with Crippen molar-refractivity contribution in [2.24, 2.45) is 0 Å². The molecule has 0 spiro atoms. The summed E-state index contributed by atoms with van der Waals surface area (Å²) in [7, 11) is 0. The molecule has 0 fully saturated rings. The van der Waals surface area contributed by atoms with E-state index in [0.717, 1.165) is 0 Å². The van der Waals surface area contributed by atoms with E-state index < -0.39 is 0 Å². The van der Waals surface area contributed by atoms with Crippen molar-refractivity contribution < 1.29 is 17.4 Å². The first-order valence-electron chi connectivity index (χ1n) is 0. The van der Waals surface area contributed by atoms with Crippen LogP contribution in [-0.2, 0) is 17.4 Å². The van der Waals surface area contributed by atoms with E-state index in [1.807, 2.05) is 0 Å². The zero-order valence-electron chi connectivity index (χ0n) is 0.408. The van der Waals surface area contributed by atoms with Crippen LogP contribution in [0.3, 0.4) is 0 Å². The molecule has 0 aliphatic carbocycles. The minimum absolute atomic E-state index is 0. The smallest absolute Gasteiger partial charge is 0 e. The first kappa shape index (κ1) is 36.2. The van der Waals surface area contributed by atoms with Crippen LogP contribution < -0.4 is 0 Å². The fraction of sp³-hybridized carbons (Fsp3) is 0. The van der Waals surface area contributed by atoms with Gasteiger partial charge in [0.2, 0.25) is 0 Å². The average molecular weight is 277 g/mol. The Morgan fingerprint density at radius 1 is 1.00 bits per heavy atom. The Morgan fingerprint density at radius 2 is 1.00 bits per heavy atom. The molecule has 26 valence electrons. The zero-order valence-corrected chi connectivity index (χ0v) is 1.68. The SMILES string of the molecule is B.[AlH3].[BaH2].[CaH2].[Cr]. The van der Waals surface area contributed by atoms with E-state index in [9.17, 15) is 0 Å². The molecule has 0 amide bonds. The average Bonchev–Trinajstić information content (AvgIpc) is 0. The summed E-state index contributed by atoms with van der Waals surface area (Å²) in [6.45, 7) is 0. The van der Waals surface area contributed by atoms with Crippen molar-refractivity contribution in [3.05, 3.63) is 0 Å². The molecule has 0 aromatic heterocycles. The second kappa shape index (κ2) is 24.6. The molecule has 0 radical (unpaired) electrons. The Labute approximate surface area is 126 Å². The molecule has 0 saturated heterocycles. The summed E-state index contributed by atoms with van der Waals surface area (Å²) in [5.41, 5.74) is 0. The Hall–Kier alpha value is 3.96. The minimum Gasteiger partial charge on any atom is 0 e. The van der Waals surface area contributed by atoms with Crippen LogP contribution in [0.4, 0.5) is 0 Å². The quantitative estimate of drug-likeness (QED) is 0.394. The molecule has 0 aromatic rings. The molecule has 0 heterocycles. The third kappa shape index (κ3) is 18.0. The van der Waals surface area contributed by atoms with E-state index in [1.165, 1.54) is 0 Å². The fourth-order valence-electron chi connectivity index (χ4n) is 0. The van der Waals surface area contributed by atoms with E-state index in [1.54, 1.807) is 0 Å². The fourth-order valence-corrected chi connectivity index (χ4v) is 0. The predicted molar refractivity (Wildman–Crippen MR) is 37.0 cm³/mol. The summed E-state index contributed by atoms with van der Waals surface area (Å²) in [4.78, 5) is 0. The summed E-state index contributed by atoms with van der Waals surface area (Å²) in [6, 6.07) is 0. The van der Waals surface area contributed by atoms with E-state index in [2.05, 4.69) is 0 Å². The van der Waals surface area contributed by atoms with E-state index in [4.69, 9.17) is 0 Å². The third-order valence-corrected chi connectivity index (χ3v) is 0. The molecule has 0 rings (SSSR count). The van der Waals surface area contributed by atoms with Crippen LogP contribution in [-0.4, -0.2) is 112 Å². The van der Waals surface area contributed by atoms with Gasteiger partial charge in [0, 0.05) is 17.4 Å². The summed E-state index contributed by atoms with van der Waals surface area (Å²) >= 11 is 0. The van der Waals surface area contributed by atoms with Crippen LogP contribution in [0.2, 0.25) is 0 Å². The van der Waals surface area contributed by atoms with Gasteiger partial charge in [-0.3, -0.25) is 0 Å². The third-order valence-electron chi connectivity index (χ3n) is 0. The molecule has 0 saturated carbocycles. The van der Waals surface area contributed by atoms with Gasteiger partial charge in [-0.2, -0.15) is 0 Å². The molecule has 0 unspecified atom stereocenters. The van der Waals surface area contributed by atoms with Crippen molar-refractivity contribution in [2.45, 2.75) is 0 Å². The summed E-state index contributed by atoms with van der Waals surface area (Å²) in [5, 5.41) is 0. The van der Waals surface area contributed by atoms with Crippen molar-refractivity contribution >= 4 is 112 Å². The van der Waals surface area contributed by atoms with Crippen LogP contribution >= 0.6 is 0 Å². The van der Waals surface area contributed by atoms with Crippen molar-refractivity contribution in [2.75, 3.05) is 0 Å². The van der Waals surface area contributed by atoms with Gasteiger partial charge in [0.05, 0.1) is 8.41 Å². The second-order valence-corrected chi connectivity index (χ2v) is 0. The molecule has 5 heavy (non-hydrogen) atoms. The van der Waals surface area contributed by atoms with Gasteiger partial charge in [0.25, 0.3) is 0 Å². The van der Waals surface area contributed by atoms with Crippen molar-refractivity contribution in [3.8, 4) is 0 Å². The molecule has 0 atom stereocenters. The standard InChI is InChI=1S/Al.BH3.Ba.Ca.Cr.7H/h;1H3;;;;;;;;;;. The molecule has 0 aliphatic heterocycles. The van der Waals surface area contributed by atoms with E-state index in [0.29, 0.717) is 0 Å². The van der Waals surface area contributed by atoms with Crippen LogP contribution in [0.25, 0.3) is 0 Å². The van der Waals surface area contributed by atoms with Crippen molar-refractivity contribution in [1.29, 1.82) is 0 Å². The molecule has 0 bridgehead atoms. The molecular weight excluding hydrogens is 267 g/mol. The van der Waals surface area contributed by atoms with Gasteiger partial charge in [0.15, 0.2) is 17.4 Å². The topological polar surface area (TPSA) is 0 Å². The maximum Gasteiger partial charge on any atom is 0 e. The van der Waals surface area contributed by atoms with Gasteiger partial charge in [-0.05, 0) is 0 Å². The molecule has 0 aliphatic rings. The molecule has 0 N–H and O–H groups in total. The van der Waals surface area contributed by atoms with Crippen LogP contribution in [0.15, 0.2) is 0 Å². The van der Waals surface area contributed by atoms with Gasteiger partial charge >= 0.3 is 86.6 Å². The zero-order chi connectivity index (χ0) is 0. The summed E-state index contributed by atoms with van der Waals surface area (Å²) < 4.78 is 0. The largest absolute Gasteiger partial charge is 0 e. The first-order chi connectivity index (χ1) is 0. The van der Waals surface area contributed by atoms with E-state index in [-0.39, 0.29) is 130 Å². The minimum atomic E-state index is 0. The number of rotatable bonds is 0. The monoisotopic (exact) mass is 278 g/mol. The van der Waals surface area contributed by atoms with Gasteiger partial charge in [0.1, 0.15) is 0 Å². The number of hydrogen-bond acceptors (Lipinski definition) is 0. The van der Waals surface area contributed by atoms with Gasteiger partial charge in [-0.25, -0.2) is 0 Å². The van der Waals surface area contributed by atoms with Crippen LogP contribution in [0, 0.1) is 0 Å². The molecule has 0 nitrogen and oxygen atoms in total. The normalized spacial score (nSPS) is 0.